The number of ether oxygens (including phenoxy) is 1. The molecule has 1 saturated heterocycles. The van der Waals surface area contributed by atoms with E-state index >= 15 is 0 Å². The number of likely N-dealkylation sites (N-methyl/N-ethyl adjacent to an activating group) is 1. The number of hydrogen-bond donors (Lipinski definition) is 2. The molecule has 8 heteroatoms. The Kier molecular flexibility index (Phi) is 11.8. The Morgan fingerprint density at radius 2 is 1.93 bits per heavy atom. The fraction of sp³-hybridized carbons (Fsp3) is 0.727. The van der Waals surface area contributed by atoms with Gasteiger partial charge in [-0.1, -0.05) is 25.3 Å². The Labute approximate surface area is 199 Å². The van der Waals surface area contributed by atoms with Gasteiger partial charge in [-0.3, -0.25) is 4.99 Å². The molecule has 1 saturated carbocycles. The van der Waals surface area contributed by atoms with Crippen molar-refractivity contribution in [2.75, 3.05) is 58.3 Å². The molecule has 0 atom stereocenters. The standard InChI is InChI=1S/C22H38N6O.HI/c1-23-22(25-12-7-17-29-20-9-4-3-5-10-20)26-18-19-8-6-11-24-21(19)28-15-13-27(2)14-16-28;/h6,8,11,20H,3-5,7,9-10,12-18H2,1-2H3,(H2,23,25,26);1H. The Morgan fingerprint density at radius 1 is 1.17 bits per heavy atom. The molecule has 2 N–H and O–H groups in total. The topological polar surface area (TPSA) is 65.0 Å². The Morgan fingerprint density at radius 3 is 2.67 bits per heavy atom. The third kappa shape index (κ3) is 8.19. The van der Waals surface area contributed by atoms with E-state index in [9.17, 15) is 0 Å². The molecule has 3 rings (SSSR count). The third-order valence-electron chi connectivity index (χ3n) is 5.86. The van der Waals surface area contributed by atoms with Crippen LogP contribution in [-0.4, -0.2) is 75.4 Å². The van der Waals surface area contributed by atoms with Crippen LogP contribution in [0.1, 0.15) is 44.1 Å². The molecular weight excluding hydrogens is 491 g/mol. The molecule has 1 aliphatic carbocycles. The first-order valence-corrected chi connectivity index (χ1v) is 11.2. The van der Waals surface area contributed by atoms with Crippen LogP contribution in [0.15, 0.2) is 23.3 Å². The molecule has 1 aliphatic heterocycles. The number of guanidine groups is 1. The number of aliphatic imine (C=N–C) groups is 1. The van der Waals surface area contributed by atoms with E-state index in [0.29, 0.717) is 12.6 Å². The van der Waals surface area contributed by atoms with Gasteiger partial charge in [-0.15, -0.1) is 24.0 Å². The van der Waals surface area contributed by atoms with Gasteiger partial charge in [0.1, 0.15) is 5.82 Å². The van der Waals surface area contributed by atoms with E-state index in [1.54, 1.807) is 0 Å². The van der Waals surface area contributed by atoms with Crippen LogP contribution in [0, 0.1) is 0 Å². The maximum atomic E-state index is 6.00. The van der Waals surface area contributed by atoms with Gasteiger partial charge in [0.2, 0.25) is 0 Å². The van der Waals surface area contributed by atoms with Gasteiger partial charge < -0.3 is 25.2 Å². The molecular formula is C22H39IN6O. The number of anilines is 1. The second-order valence-corrected chi connectivity index (χ2v) is 8.11. The maximum Gasteiger partial charge on any atom is 0.191 e. The summed E-state index contributed by atoms with van der Waals surface area (Å²) in [5, 5.41) is 6.84. The van der Waals surface area contributed by atoms with Crippen LogP contribution in [-0.2, 0) is 11.3 Å². The molecule has 2 aliphatic rings. The summed E-state index contributed by atoms with van der Waals surface area (Å²) in [7, 11) is 3.99. The van der Waals surface area contributed by atoms with Gasteiger partial charge in [0.25, 0.3) is 0 Å². The van der Waals surface area contributed by atoms with Crippen molar-refractivity contribution in [2.24, 2.45) is 4.99 Å². The first-order valence-electron chi connectivity index (χ1n) is 11.2. The molecule has 0 unspecified atom stereocenters. The zero-order valence-electron chi connectivity index (χ0n) is 18.6. The zero-order chi connectivity index (χ0) is 20.3. The number of aromatic nitrogens is 1. The van der Waals surface area contributed by atoms with E-state index in [1.165, 1.54) is 37.7 Å². The van der Waals surface area contributed by atoms with E-state index in [4.69, 9.17) is 4.74 Å². The van der Waals surface area contributed by atoms with Gasteiger partial charge in [0, 0.05) is 64.7 Å². The van der Waals surface area contributed by atoms with Gasteiger partial charge >= 0.3 is 0 Å². The predicted octanol–water partition coefficient (Wildman–Crippen LogP) is 2.86. The minimum absolute atomic E-state index is 0. The van der Waals surface area contributed by atoms with Crippen LogP contribution >= 0.6 is 24.0 Å². The first-order chi connectivity index (χ1) is 14.3. The van der Waals surface area contributed by atoms with Crippen molar-refractivity contribution < 1.29 is 4.74 Å². The number of halogens is 1. The number of nitrogens with one attached hydrogen (secondary N) is 2. The molecule has 0 bridgehead atoms. The highest BCUT2D eigenvalue weighted by Crippen LogP contribution is 2.20. The van der Waals surface area contributed by atoms with Crippen molar-refractivity contribution >= 4 is 35.8 Å². The fourth-order valence-electron chi connectivity index (χ4n) is 4.03. The Bertz CT molecular complexity index is 630. The highest BCUT2D eigenvalue weighted by molar-refractivity contribution is 14.0. The largest absolute Gasteiger partial charge is 0.378 e. The first kappa shape index (κ1) is 25.1. The lowest BCUT2D eigenvalue weighted by Crippen LogP contribution is -2.45. The summed E-state index contributed by atoms with van der Waals surface area (Å²) in [5.41, 5.74) is 1.21. The zero-order valence-corrected chi connectivity index (χ0v) is 20.9. The molecule has 2 fully saturated rings. The average Bonchev–Trinajstić information content (AvgIpc) is 2.77. The monoisotopic (exact) mass is 530 g/mol. The average molecular weight is 530 g/mol. The van der Waals surface area contributed by atoms with Crippen LogP contribution in [0.3, 0.4) is 0 Å². The summed E-state index contributed by atoms with van der Waals surface area (Å²) < 4.78 is 6.00. The van der Waals surface area contributed by atoms with Crippen molar-refractivity contribution in [1.82, 2.24) is 20.5 Å². The molecule has 0 amide bonds. The van der Waals surface area contributed by atoms with Crippen LogP contribution < -0.4 is 15.5 Å². The van der Waals surface area contributed by atoms with Gasteiger partial charge in [0.05, 0.1) is 6.10 Å². The minimum Gasteiger partial charge on any atom is -0.378 e. The quantitative estimate of drug-likeness (QED) is 0.233. The molecule has 30 heavy (non-hydrogen) atoms. The summed E-state index contributed by atoms with van der Waals surface area (Å²) in [4.78, 5) is 13.8. The third-order valence-corrected chi connectivity index (χ3v) is 5.86. The summed E-state index contributed by atoms with van der Waals surface area (Å²) in [6.07, 6.45) is 9.85. The van der Waals surface area contributed by atoms with E-state index < -0.39 is 0 Å². The molecule has 1 aromatic heterocycles. The van der Waals surface area contributed by atoms with Crippen molar-refractivity contribution in [3.05, 3.63) is 23.9 Å². The lowest BCUT2D eigenvalue weighted by atomic mass is 9.98. The number of pyridine rings is 1. The number of hydrogen-bond acceptors (Lipinski definition) is 5. The van der Waals surface area contributed by atoms with Crippen molar-refractivity contribution in [3.8, 4) is 0 Å². The second-order valence-electron chi connectivity index (χ2n) is 8.11. The fourth-order valence-corrected chi connectivity index (χ4v) is 4.03. The highest BCUT2D eigenvalue weighted by atomic mass is 127. The summed E-state index contributed by atoms with van der Waals surface area (Å²) in [6.45, 7) is 6.61. The van der Waals surface area contributed by atoms with Crippen molar-refractivity contribution in [1.29, 1.82) is 0 Å². The van der Waals surface area contributed by atoms with Crippen molar-refractivity contribution in [3.63, 3.8) is 0 Å². The molecule has 0 aromatic carbocycles. The van der Waals surface area contributed by atoms with E-state index in [-0.39, 0.29) is 24.0 Å². The smallest absolute Gasteiger partial charge is 0.191 e. The summed E-state index contributed by atoms with van der Waals surface area (Å²) in [6, 6.07) is 4.16. The SMILES string of the molecule is CN=C(NCCCOC1CCCCC1)NCc1cccnc1N1CCN(C)CC1.I. The molecule has 2 heterocycles. The highest BCUT2D eigenvalue weighted by Gasteiger charge is 2.18. The van der Waals surface area contributed by atoms with Crippen LogP contribution in [0.4, 0.5) is 5.82 Å². The number of rotatable bonds is 8. The summed E-state index contributed by atoms with van der Waals surface area (Å²) >= 11 is 0. The van der Waals surface area contributed by atoms with Crippen LogP contribution in [0.5, 0.6) is 0 Å². The second kappa shape index (κ2) is 14.0. The van der Waals surface area contributed by atoms with Gasteiger partial charge in [0.15, 0.2) is 5.96 Å². The molecule has 170 valence electrons. The Balaban J connectivity index is 0.00000320. The lowest BCUT2D eigenvalue weighted by Gasteiger charge is -2.34. The van der Waals surface area contributed by atoms with E-state index in [0.717, 1.165) is 57.5 Å². The number of nitrogens with zero attached hydrogens (tertiary/aromatic N) is 4. The molecule has 0 spiro atoms. The van der Waals surface area contributed by atoms with Gasteiger partial charge in [-0.2, -0.15) is 0 Å². The van der Waals surface area contributed by atoms with Gasteiger partial charge in [-0.25, -0.2) is 4.98 Å². The van der Waals surface area contributed by atoms with Crippen molar-refractivity contribution in [2.45, 2.75) is 51.2 Å². The van der Waals surface area contributed by atoms with Gasteiger partial charge in [-0.05, 0) is 32.4 Å². The Hall–Kier alpha value is -1.13. The maximum absolute atomic E-state index is 6.00. The van der Waals surface area contributed by atoms with Crippen LogP contribution in [0.25, 0.3) is 0 Å². The predicted molar refractivity (Wildman–Crippen MR) is 135 cm³/mol. The van der Waals surface area contributed by atoms with Crippen LogP contribution in [0.2, 0.25) is 0 Å². The van der Waals surface area contributed by atoms with E-state index in [2.05, 4.69) is 43.5 Å². The molecule has 1 aromatic rings. The number of piperazine rings is 1. The normalized spacial score (nSPS) is 18.7. The molecule has 7 nitrogen and oxygen atoms in total. The lowest BCUT2D eigenvalue weighted by molar-refractivity contribution is 0.0277. The minimum atomic E-state index is 0. The van der Waals surface area contributed by atoms with E-state index in [1.807, 2.05) is 19.3 Å². The molecule has 0 radical (unpaired) electrons. The summed E-state index contributed by atoms with van der Waals surface area (Å²) in [5.74, 6) is 1.92.